The van der Waals surface area contributed by atoms with Gasteiger partial charge in [0.05, 0.1) is 0 Å². The third-order valence-corrected chi connectivity index (χ3v) is 3.40. The van der Waals surface area contributed by atoms with Crippen LogP contribution in [0.5, 0.6) is 0 Å². The lowest BCUT2D eigenvalue weighted by Crippen LogP contribution is -2.28. The van der Waals surface area contributed by atoms with E-state index in [4.69, 9.17) is 5.73 Å². The molecule has 0 aliphatic heterocycles. The Morgan fingerprint density at radius 3 is 2.56 bits per heavy atom. The maximum absolute atomic E-state index is 12.4. The Bertz CT molecular complexity index is 510. The summed E-state index contributed by atoms with van der Waals surface area (Å²) in [6.45, 7) is 0. The molecule has 0 aromatic carbocycles. The first-order valence-electron chi connectivity index (χ1n) is 5.12. The smallest absolute Gasteiger partial charge is 0.314 e. The van der Waals surface area contributed by atoms with Crippen LogP contribution in [0, 0.1) is 0 Å². The molecule has 18 heavy (non-hydrogen) atoms. The molecule has 2 aromatic rings. The predicted octanol–water partition coefficient (Wildman–Crippen LogP) is 2.69. The fourth-order valence-electron chi connectivity index (χ4n) is 1.39. The number of hydrogen-bond donors (Lipinski definition) is 1. The molecule has 1 atom stereocenters. The zero-order valence-corrected chi connectivity index (χ0v) is 10.0. The number of alkyl halides is 3. The van der Waals surface area contributed by atoms with E-state index in [1.54, 1.807) is 12.4 Å². The molecule has 0 aliphatic carbocycles. The molecule has 0 fully saturated rings. The first-order chi connectivity index (χ1) is 8.47. The topological polar surface area (TPSA) is 51.8 Å². The maximum Gasteiger partial charge on any atom is 0.410 e. The van der Waals surface area contributed by atoms with Crippen molar-refractivity contribution in [2.75, 3.05) is 0 Å². The molecule has 0 spiro atoms. The Balaban J connectivity index is 2.12. The van der Waals surface area contributed by atoms with Gasteiger partial charge in [-0.25, -0.2) is 4.98 Å². The molecule has 0 saturated carbocycles. The minimum atomic E-state index is -4.45. The van der Waals surface area contributed by atoms with Crippen LogP contribution < -0.4 is 5.73 Å². The lowest BCUT2D eigenvalue weighted by atomic mass is 10.2. The second kappa shape index (κ2) is 5.03. The highest BCUT2D eigenvalue weighted by Gasteiger charge is 2.39. The van der Waals surface area contributed by atoms with E-state index in [1.807, 2.05) is 12.1 Å². The largest absolute Gasteiger partial charge is 0.410 e. The Hall–Kier alpha value is -1.47. The average Bonchev–Trinajstić information content (AvgIpc) is 2.76. The summed E-state index contributed by atoms with van der Waals surface area (Å²) in [5.41, 5.74) is 6.06. The summed E-state index contributed by atoms with van der Waals surface area (Å²) < 4.78 is 37.2. The van der Waals surface area contributed by atoms with Crippen LogP contribution in [-0.4, -0.2) is 16.1 Å². The van der Waals surface area contributed by atoms with E-state index in [1.165, 1.54) is 6.20 Å². The van der Waals surface area contributed by atoms with Gasteiger partial charge in [-0.2, -0.15) is 13.2 Å². The number of halogens is 3. The number of thiazole rings is 1. The summed E-state index contributed by atoms with van der Waals surface area (Å²) in [4.78, 5) is 8.35. The van der Waals surface area contributed by atoms with E-state index in [0.717, 1.165) is 21.8 Å². The van der Waals surface area contributed by atoms with E-state index >= 15 is 0 Å². The van der Waals surface area contributed by atoms with Crippen molar-refractivity contribution in [3.05, 3.63) is 46.2 Å². The van der Waals surface area contributed by atoms with E-state index < -0.39 is 12.2 Å². The third kappa shape index (κ3) is 3.05. The molecule has 0 amide bonds. The summed E-state index contributed by atoms with van der Waals surface area (Å²) in [5.74, 6) is 0. The molecule has 2 rings (SSSR count). The van der Waals surface area contributed by atoms with Crippen LogP contribution in [0.3, 0.4) is 0 Å². The van der Waals surface area contributed by atoms with Crippen molar-refractivity contribution in [2.45, 2.75) is 18.6 Å². The van der Waals surface area contributed by atoms with Gasteiger partial charge >= 0.3 is 6.18 Å². The highest BCUT2D eigenvalue weighted by atomic mass is 32.1. The third-order valence-electron chi connectivity index (χ3n) is 2.32. The van der Waals surface area contributed by atoms with Crippen LogP contribution in [0.4, 0.5) is 13.2 Å². The van der Waals surface area contributed by atoms with Crippen molar-refractivity contribution < 1.29 is 13.2 Å². The van der Waals surface area contributed by atoms with Gasteiger partial charge in [-0.1, -0.05) is 0 Å². The lowest BCUT2D eigenvalue weighted by molar-refractivity contribution is -0.149. The van der Waals surface area contributed by atoms with Crippen molar-refractivity contribution in [3.8, 4) is 0 Å². The molecule has 2 aromatic heterocycles. The number of nitrogens with zero attached hydrogens (tertiary/aromatic N) is 2. The van der Waals surface area contributed by atoms with Crippen LogP contribution in [0.1, 0.15) is 21.5 Å². The average molecular weight is 273 g/mol. The number of rotatable bonds is 3. The quantitative estimate of drug-likeness (QED) is 0.935. The number of aromatic nitrogens is 2. The highest BCUT2D eigenvalue weighted by Crippen LogP contribution is 2.33. The van der Waals surface area contributed by atoms with Gasteiger partial charge in [0.1, 0.15) is 5.01 Å². The Kier molecular flexibility index (Phi) is 3.63. The van der Waals surface area contributed by atoms with Gasteiger partial charge in [-0.15, -0.1) is 11.3 Å². The molecule has 0 radical (unpaired) electrons. The normalized spacial score (nSPS) is 13.6. The van der Waals surface area contributed by atoms with Crippen molar-refractivity contribution in [2.24, 2.45) is 5.73 Å². The fraction of sp³-hybridized carbons (Fsp3) is 0.273. The van der Waals surface area contributed by atoms with Crippen LogP contribution in [0.25, 0.3) is 0 Å². The summed E-state index contributed by atoms with van der Waals surface area (Å²) in [6, 6.07) is 1.61. The molecular formula is C11H10F3N3S. The van der Waals surface area contributed by atoms with Crippen molar-refractivity contribution in [1.82, 2.24) is 9.97 Å². The van der Waals surface area contributed by atoms with E-state index in [-0.39, 0.29) is 5.01 Å². The highest BCUT2D eigenvalue weighted by molar-refractivity contribution is 7.11. The van der Waals surface area contributed by atoms with Crippen LogP contribution in [0.2, 0.25) is 0 Å². The molecular weight excluding hydrogens is 263 g/mol. The fourth-order valence-corrected chi connectivity index (χ4v) is 2.37. The minimum absolute atomic E-state index is 0.105. The van der Waals surface area contributed by atoms with Gasteiger partial charge in [-0.3, -0.25) is 4.98 Å². The first-order valence-corrected chi connectivity index (χ1v) is 5.94. The van der Waals surface area contributed by atoms with E-state index in [9.17, 15) is 13.2 Å². The van der Waals surface area contributed by atoms with Crippen LogP contribution in [0.15, 0.2) is 30.7 Å². The number of pyridine rings is 1. The van der Waals surface area contributed by atoms with Gasteiger partial charge in [0.25, 0.3) is 0 Å². The Labute approximate surface area is 105 Å². The molecule has 96 valence electrons. The monoisotopic (exact) mass is 273 g/mol. The van der Waals surface area contributed by atoms with Crippen molar-refractivity contribution in [1.29, 1.82) is 0 Å². The molecule has 0 bridgehead atoms. The Morgan fingerprint density at radius 2 is 1.94 bits per heavy atom. The van der Waals surface area contributed by atoms with Crippen LogP contribution in [-0.2, 0) is 6.42 Å². The van der Waals surface area contributed by atoms with Gasteiger partial charge in [0.15, 0.2) is 6.04 Å². The zero-order valence-electron chi connectivity index (χ0n) is 9.19. The molecule has 0 aliphatic rings. The second-order valence-corrected chi connectivity index (χ2v) is 4.86. The Morgan fingerprint density at radius 1 is 1.28 bits per heavy atom. The summed E-state index contributed by atoms with van der Waals surface area (Å²) >= 11 is 0.986. The van der Waals surface area contributed by atoms with Gasteiger partial charge < -0.3 is 5.73 Å². The standard InChI is InChI=1S/C11H10F3N3S/c12-11(13,14)9(15)10-17-6-8(18-10)5-7-1-3-16-4-2-7/h1-4,6,9H,5,15H2/t9-/m1/s1. The number of nitrogens with two attached hydrogens (primary N) is 1. The predicted molar refractivity (Wildman–Crippen MR) is 62.1 cm³/mol. The molecule has 7 heteroatoms. The molecule has 0 saturated heterocycles. The molecule has 3 nitrogen and oxygen atoms in total. The van der Waals surface area contributed by atoms with Crippen molar-refractivity contribution in [3.63, 3.8) is 0 Å². The first kappa shape index (κ1) is 13.0. The minimum Gasteiger partial charge on any atom is -0.314 e. The molecule has 2 N–H and O–H groups in total. The van der Waals surface area contributed by atoms with Crippen LogP contribution >= 0.6 is 11.3 Å². The second-order valence-electron chi connectivity index (χ2n) is 3.72. The van der Waals surface area contributed by atoms with Gasteiger partial charge in [-0.05, 0) is 17.7 Å². The number of hydrogen-bond acceptors (Lipinski definition) is 4. The summed E-state index contributed by atoms with van der Waals surface area (Å²) in [6.07, 6.45) is 0.792. The van der Waals surface area contributed by atoms with Gasteiger partial charge in [0, 0.05) is 29.9 Å². The summed E-state index contributed by atoms with van der Waals surface area (Å²) in [7, 11) is 0. The van der Waals surface area contributed by atoms with E-state index in [0.29, 0.717) is 6.42 Å². The molecule has 2 heterocycles. The maximum atomic E-state index is 12.4. The van der Waals surface area contributed by atoms with Gasteiger partial charge in [0.2, 0.25) is 0 Å². The van der Waals surface area contributed by atoms with E-state index in [2.05, 4.69) is 9.97 Å². The molecule has 0 unspecified atom stereocenters. The lowest BCUT2D eigenvalue weighted by Gasteiger charge is -2.11. The summed E-state index contributed by atoms with van der Waals surface area (Å²) in [5, 5.41) is -0.105. The zero-order chi connectivity index (χ0) is 13.2. The van der Waals surface area contributed by atoms with Crippen molar-refractivity contribution >= 4 is 11.3 Å². The SMILES string of the molecule is N[C@H](c1ncc(Cc2ccncc2)s1)C(F)(F)F.